The van der Waals surface area contributed by atoms with Crippen molar-refractivity contribution in [2.45, 2.75) is 44.1 Å². The molecule has 1 saturated carbocycles. The van der Waals surface area contributed by atoms with E-state index in [1.54, 1.807) is 13.3 Å². The minimum atomic E-state index is -0.806. The minimum Gasteiger partial charge on any atom is -0.497 e. The van der Waals surface area contributed by atoms with Crippen LogP contribution in [-0.4, -0.2) is 21.8 Å². The van der Waals surface area contributed by atoms with E-state index < -0.39 is 5.60 Å². The molecule has 1 aromatic carbocycles. The Morgan fingerprint density at radius 3 is 2.38 bits per heavy atom. The number of nitrogens with zero attached hydrogens (tertiary/aromatic N) is 2. The van der Waals surface area contributed by atoms with E-state index in [0.29, 0.717) is 0 Å². The highest BCUT2D eigenvalue weighted by Crippen LogP contribution is 2.36. The standard InChI is InChI=1S/C17H22N2O2/c1-21-15-8-6-14(7-9-15)19-13-12-18-16(19)17(20)10-4-2-3-5-11-17/h6-9,12-13,20H,2-5,10-11H2,1H3. The average molecular weight is 286 g/mol. The van der Waals surface area contributed by atoms with Crippen molar-refractivity contribution in [3.8, 4) is 11.4 Å². The predicted molar refractivity (Wildman–Crippen MR) is 81.7 cm³/mol. The van der Waals surface area contributed by atoms with E-state index in [1.807, 2.05) is 35.0 Å². The third-order valence-corrected chi connectivity index (χ3v) is 4.34. The van der Waals surface area contributed by atoms with Gasteiger partial charge < -0.3 is 14.4 Å². The summed E-state index contributed by atoms with van der Waals surface area (Å²) in [5.41, 5.74) is 0.195. The van der Waals surface area contributed by atoms with Gasteiger partial charge in [0, 0.05) is 18.1 Å². The van der Waals surface area contributed by atoms with E-state index in [1.165, 1.54) is 12.8 Å². The Kier molecular flexibility index (Phi) is 3.97. The summed E-state index contributed by atoms with van der Waals surface area (Å²) in [6.45, 7) is 0. The van der Waals surface area contributed by atoms with Gasteiger partial charge in [0.05, 0.1) is 7.11 Å². The molecule has 1 aliphatic carbocycles. The predicted octanol–water partition coefficient (Wildman–Crippen LogP) is 3.42. The first-order valence-corrected chi connectivity index (χ1v) is 7.64. The first-order valence-electron chi connectivity index (χ1n) is 7.64. The van der Waals surface area contributed by atoms with Crippen LogP contribution in [0.4, 0.5) is 0 Å². The Morgan fingerprint density at radius 1 is 1.10 bits per heavy atom. The molecular formula is C17H22N2O2. The molecule has 3 rings (SSSR count). The summed E-state index contributed by atoms with van der Waals surface area (Å²) in [4.78, 5) is 4.45. The summed E-state index contributed by atoms with van der Waals surface area (Å²) in [6.07, 6.45) is 9.79. The molecule has 2 aromatic rings. The van der Waals surface area contributed by atoms with Crippen LogP contribution in [-0.2, 0) is 5.60 Å². The van der Waals surface area contributed by atoms with E-state index in [4.69, 9.17) is 4.74 Å². The summed E-state index contributed by atoms with van der Waals surface area (Å²) in [5.74, 6) is 1.59. The van der Waals surface area contributed by atoms with Crippen LogP contribution in [0.3, 0.4) is 0 Å². The van der Waals surface area contributed by atoms with Crippen LogP contribution in [0.1, 0.15) is 44.3 Å². The largest absolute Gasteiger partial charge is 0.497 e. The zero-order valence-electron chi connectivity index (χ0n) is 12.5. The van der Waals surface area contributed by atoms with Crippen LogP contribution >= 0.6 is 0 Å². The fourth-order valence-electron chi connectivity index (χ4n) is 3.14. The fraction of sp³-hybridized carbons (Fsp3) is 0.471. The third-order valence-electron chi connectivity index (χ3n) is 4.34. The SMILES string of the molecule is COc1ccc(-n2ccnc2C2(O)CCCCCC2)cc1. The molecule has 112 valence electrons. The van der Waals surface area contributed by atoms with Crippen LogP contribution in [0, 0.1) is 0 Å². The number of aromatic nitrogens is 2. The van der Waals surface area contributed by atoms with Crippen LogP contribution in [0.2, 0.25) is 0 Å². The van der Waals surface area contributed by atoms with E-state index in [2.05, 4.69) is 4.98 Å². The lowest BCUT2D eigenvalue weighted by Gasteiger charge is -2.26. The Bertz CT molecular complexity index is 581. The number of ether oxygens (including phenoxy) is 1. The normalized spacial score (nSPS) is 18.2. The second-order valence-electron chi connectivity index (χ2n) is 5.76. The Labute approximate surface area is 125 Å². The van der Waals surface area contributed by atoms with Gasteiger partial charge in [-0.2, -0.15) is 0 Å². The van der Waals surface area contributed by atoms with Crippen molar-refractivity contribution in [3.05, 3.63) is 42.5 Å². The average Bonchev–Trinajstić information content (AvgIpc) is 2.91. The molecule has 0 radical (unpaired) electrons. The van der Waals surface area contributed by atoms with Gasteiger partial charge in [0.1, 0.15) is 17.2 Å². The van der Waals surface area contributed by atoms with Crippen molar-refractivity contribution in [3.63, 3.8) is 0 Å². The van der Waals surface area contributed by atoms with Crippen molar-refractivity contribution >= 4 is 0 Å². The van der Waals surface area contributed by atoms with Crippen LogP contribution in [0.25, 0.3) is 5.69 Å². The molecule has 1 aliphatic rings. The molecule has 4 nitrogen and oxygen atoms in total. The summed E-state index contributed by atoms with van der Waals surface area (Å²) in [6, 6.07) is 7.83. The molecule has 1 heterocycles. The van der Waals surface area contributed by atoms with Crippen LogP contribution in [0.5, 0.6) is 5.75 Å². The highest BCUT2D eigenvalue weighted by atomic mass is 16.5. The van der Waals surface area contributed by atoms with Crippen molar-refractivity contribution < 1.29 is 9.84 Å². The summed E-state index contributed by atoms with van der Waals surface area (Å²) in [7, 11) is 1.66. The molecule has 0 spiro atoms. The highest BCUT2D eigenvalue weighted by molar-refractivity contribution is 5.39. The van der Waals surface area contributed by atoms with E-state index in [-0.39, 0.29) is 0 Å². The maximum absolute atomic E-state index is 11.0. The summed E-state index contributed by atoms with van der Waals surface area (Å²) >= 11 is 0. The van der Waals surface area contributed by atoms with Gasteiger partial charge in [0.15, 0.2) is 0 Å². The molecule has 0 atom stereocenters. The lowest BCUT2D eigenvalue weighted by molar-refractivity contribution is 0.0105. The Balaban J connectivity index is 1.95. The van der Waals surface area contributed by atoms with Gasteiger partial charge in [0.2, 0.25) is 0 Å². The Hall–Kier alpha value is -1.81. The highest BCUT2D eigenvalue weighted by Gasteiger charge is 2.34. The van der Waals surface area contributed by atoms with Crippen molar-refractivity contribution in [2.24, 2.45) is 0 Å². The number of hydrogen-bond acceptors (Lipinski definition) is 3. The lowest BCUT2D eigenvalue weighted by Crippen LogP contribution is -2.28. The van der Waals surface area contributed by atoms with Gasteiger partial charge in [-0.25, -0.2) is 4.98 Å². The molecule has 0 unspecified atom stereocenters. The molecule has 0 saturated heterocycles. The molecule has 0 bridgehead atoms. The molecule has 4 heteroatoms. The van der Waals surface area contributed by atoms with Crippen molar-refractivity contribution in [1.82, 2.24) is 9.55 Å². The second kappa shape index (κ2) is 5.90. The van der Waals surface area contributed by atoms with E-state index >= 15 is 0 Å². The number of methoxy groups -OCH3 is 1. The molecule has 21 heavy (non-hydrogen) atoms. The first kappa shape index (κ1) is 14.1. The van der Waals surface area contributed by atoms with Gasteiger partial charge in [-0.15, -0.1) is 0 Å². The molecule has 1 fully saturated rings. The first-order chi connectivity index (χ1) is 10.2. The smallest absolute Gasteiger partial charge is 0.145 e. The third kappa shape index (κ3) is 2.81. The van der Waals surface area contributed by atoms with Gasteiger partial charge in [-0.1, -0.05) is 25.7 Å². The van der Waals surface area contributed by atoms with Gasteiger partial charge in [-0.3, -0.25) is 0 Å². The van der Waals surface area contributed by atoms with Crippen molar-refractivity contribution in [2.75, 3.05) is 7.11 Å². The molecular weight excluding hydrogens is 264 g/mol. The van der Waals surface area contributed by atoms with Crippen LogP contribution < -0.4 is 4.74 Å². The summed E-state index contributed by atoms with van der Waals surface area (Å²) in [5, 5.41) is 11.0. The zero-order valence-corrected chi connectivity index (χ0v) is 12.5. The summed E-state index contributed by atoms with van der Waals surface area (Å²) < 4.78 is 7.19. The van der Waals surface area contributed by atoms with E-state index in [0.717, 1.165) is 42.9 Å². The number of rotatable bonds is 3. The van der Waals surface area contributed by atoms with Gasteiger partial charge in [0.25, 0.3) is 0 Å². The second-order valence-corrected chi connectivity index (χ2v) is 5.76. The van der Waals surface area contributed by atoms with Gasteiger partial charge >= 0.3 is 0 Å². The van der Waals surface area contributed by atoms with Gasteiger partial charge in [-0.05, 0) is 37.1 Å². The maximum Gasteiger partial charge on any atom is 0.145 e. The number of hydrogen-bond donors (Lipinski definition) is 1. The maximum atomic E-state index is 11.0. The quantitative estimate of drug-likeness (QED) is 0.879. The molecule has 0 amide bonds. The minimum absolute atomic E-state index is 0.759. The van der Waals surface area contributed by atoms with Crippen molar-refractivity contribution in [1.29, 1.82) is 0 Å². The van der Waals surface area contributed by atoms with E-state index in [9.17, 15) is 5.11 Å². The number of benzene rings is 1. The molecule has 0 aliphatic heterocycles. The topological polar surface area (TPSA) is 47.3 Å². The van der Waals surface area contributed by atoms with Crippen LogP contribution in [0.15, 0.2) is 36.7 Å². The fourth-order valence-corrected chi connectivity index (χ4v) is 3.14. The monoisotopic (exact) mass is 286 g/mol. The molecule has 1 aromatic heterocycles. The Morgan fingerprint density at radius 2 is 1.76 bits per heavy atom. The lowest BCUT2D eigenvalue weighted by atomic mass is 9.93. The number of aliphatic hydroxyl groups is 1. The zero-order chi connectivity index (χ0) is 14.7. The number of imidazole rings is 1. The molecule has 1 N–H and O–H groups in total.